The zero-order valence-electron chi connectivity index (χ0n) is 10.7. The fourth-order valence-corrected chi connectivity index (χ4v) is 1.35. The van der Waals surface area contributed by atoms with Gasteiger partial charge in [0.1, 0.15) is 0 Å². The first-order valence-electron chi connectivity index (χ1n) is 5.64. The van der Waals surface area contributed by atoms with Gasteiger partial charge in [0.05, 0.1) is 5.56 Å². The van der Waals surface area contributed by atoms with Gasteiger partial charge in [-0.25, -0.2) is 0 Å². The van der Waals surface area contributed by atoms with E-state index in [2.05, 4.69) is 22.5 Å². The summed E-state index contributed by atoms with van der Waals surface area (Å²) in [6, 6.07) is 1.84. The van der Waals surface area contributed by atoms with Crippen LogP contribution in [0.5, 0.6) is 0 Å². The van der Waals surface area contributed by atoms with Crippen LogP contribution in [0.4, 0.5) is 0 Å². The molecule has 2 N–H and O–H groups in total. The van der Waals surface area contributed by atoms with Crippen molar-refractivity contribution in [3.8, 4) is 0 Å². The van der Waals surface area contributed by atoms with E-state index < -0.39 is 0 Å². The smallest absolute Gasteiger partial charge is 0.252 e. The number of rotatable bonds is 6. The molecule has 0 fully saturated rings. The van der Waals surface area contributed by atoms with Gasteiger partial charge < -0.3 is 10.6 Å². The summed E-state index contributed by atoms with van der Waals surface area (Å²) in [6.07, 6.45) is 4.43. The molecule has 0 saturated carbocycles. The van der Waals surface area contributed by atoms with Gasteiger partial charge in [-0.3, -0.25) is 9.78 Å². The highest BCUT2D eigenvalue weighted by Gasteiger charge is 2.04. The maximum atomic E-state index is 11.7. The van der Waals surface area contributed by atoms with Gasteiger partial charge in [-0.2, -0.15) is 0 Å². The number of pyridine rings is 1. The van der Waals surface area contributed by atoms with Crippen LogP contribution in [0.2, 0.25) is 0 Å². The summed E-state index contributed by atoms with van der Waals surface area (Å²) in [5.41, 5.74) is 1.62. The van der Waals surface area contributed by atoms with Crippen LogP contribution in [-0.4, -0.2) is 30.5 Å². The van der Waals surface area contributed by atoms with Crippen molar-refractivity contribution < 1.29 is 4.79 Å². The fourth-order valence-electron chi connectivity index (χ4n) is 1.35. The number of carbonyl (C=O) groups excluding carboxylic acids is 1. The van der Waals surface area contributed by atoms with Crippen molar-refractivity contribution in [1.29, 1.82) is 0 Å². The molecule has 0 aliphatic rings. The van der Waals surface area contributed by atoms with Crippen LogP contribution >= 0.6 is 24.8 Å². The van der Waals surface area contributed by atoms with E-state index in [1.165, 1.54) is 0 Å². The minimum atomic E-state index is -0.0606. The van der Waals surface area contributed by atoms with Crippen molar-refractivity contribution in [2.24, 2.45) is 0 Å². The van der Waals surface area contributed by atoms with Gasteiger partial charge in [0.2, 0.25) is 0 Å². The minimum Gasteiger partial charge on any atom is -0.351 e. The van der Waals surface area contributed by atoms with Crippen LogP contribution in [0.15, 0.2) is 18.5 Å². The summed E-state index contributed by atoms with van der Waals surface area (Å²) in [5, 5.41) is 6.07. The highest BCUT2D eigenvalue weighted by molar-refractivity contribution is 5.93. The lowest BCUT2D eigenvalue weighted by Gasteiger charge is -2.06. The molecular formula is C12H21Cl2N3O. The molecule has 0 aliphatic heterocycles. The molecule has 0 atom stereocenters. The van der Waals surface area contributed by atoms with E-state index in [1.54, 1.807) is 12.4 Å². The van der Waals surface area contributed by atoms with Crippen molar-refractivity contribution in [1.82, 2.24) is 15.6 Å². The Morgan fingerprint density at radius 1 is 1.22 bits per heavy atom. The highest BCUT2D eigenvalue weighted by atomic mass is 35.5. The average Bonchev–Trinajstić information content (AvgIpc) is 2.28. The molecule has 6 heteroatoms. The molecular weight excluding hydrogens is 273 g/mol. The van der Waals surface area contributed by atoms with E-state index >= 15 is 0 Å². The third-order valence-corrected chi connectivity index (χ3v) is 2.15. The largest absolute Gasteiger partial charge is 0.351 e. The van der Waals surface area contributed by atoms with Crippen LogP contribution < -0.4 is 10.6 Å². The van der Waals surface area contributed by atoms with Gasteiger partial charge in [0, 0.05) is 25.5 Å². The summed E-state index contributed by atoms with van der Waals surface area (Å²) < 4.78 is 0. The van der Waals surface area contributed by atoms with Crippen molar-refractivity contribution in [3.05, 3.63) is 29.6 Å². The first kappa shape index (κ1) is 19.5. The predicted molar refractivity (Wildman–Crippen MR) is 79.0 cm³/mol. The molecule has 0 aliphatic carbocycles. The quantitative estimate of drug-likeness (QED) is 0.789. The SMILES string of the molecule is CCCNCCNC(=O)c1cncc(C)c1.Cl.Cl. The van der Waals surface area contributed by atoms with Crippen molar-refractivity contribution in [3.63, 3.8) is 0 Å². The molecule has 0 saturated heterocycles. The molecule has 18 heavy (non-hydrogen) atoms. The zero-order chi connectivity index (χ0) is 11.8. The fraction of sp³-hybridized carbons (Fsp3) is 0.500. The summed E-state index contributed by atoms with van der Waals surface area (Å²) in [7, 11) is 0. The first-order valence-corrected chi connectivity index (χ1v) is 5.64. The van der Waals surface area contributed by atoms with Gasteiger partial charge >= 0.3 is 0 Å². The van der Waals surface area contributed by atoms with E-state index in [9.17, 15) is 4.79 Å². The lowest BCUT2D eigenvalue weighted by Crippen LogP contribution is -2.32. The van der Waals surface area contributed by atoms with E-state index in [4.69, 9.17) is 0 Å². The van der Waals surface area contributed by atoms with Crippen molar-refractivity contribution >= 4 is 30.7 Å². The Morgan fingerprint density at radius 3 is 2.56 bits per heavy atom. The van der Waals surface area contributed by atoms with Gasteiger partial charge in [-0.1, -0.05) is 6.92 Å². The van der Waals surface area contributed by atoms with Crippen molar-refractivity contribution in [2.75, 3.05) is 19.6 Å². The molecule has 1 amide bonds. The highest BCUT2D eigenvalue weighted by Crippen LogP contribution is 2.00. The van der Waals surface area contributed by atoms with Crippen LogP contribution in [0.25, 0.3) is 0 Å². The number of aryl methyl sites for hydroxylation is 1. The number of hydrogen-bond acceptors (Lipinski definition) is 3. The summed E-state index contributed by atoms with van der Waals surface area (Å²) >= 11 is 0. The van der Waals surface area contributed by atoms with E-state index in [-0.39, 0.29) is 30.7 Å². The number of aromatic nitrogens is 1. The maximum absolute atomic E-state index is 11.7. The lowest BCUT2D eigenvalue weighted by molar-refractivity contribution is 0.0953. The standard InChI is InChI=1S/C12H19N3O.2ClH/c1-3-4-13-5-6-15-12(16)11-7-10(2)8-14-9-11;;/h7-9,13H,3-6H2,1-2H3,(H,15,16);2*1H. The second-order valence-corrected chi connectivity index (χ2v) is 3.76. The van der Waals surface area contributed by atoms with Crippen LogP contribution in [0.1, 0.15) is 29.3 Å². The Balaban J connectivity index is 0. The Kier molecular flexibility index (Phi) is 12.2. The third-order valence-electron chi connectivity index (χ3n) is 2.15. The Hall–Kier alpha value is -0.840. The monoisotopic (exact) mass is 293 g/mol. The molecule has 1 aromatic heterocycles. The Morgan fingerprint density at radius 2 is 1.94 bits per heavy atom. The van der Waals surface area contributed by atoms with Crippen LogP contribution in [0, 0.1) is 6.92 Å². The van der Waals surface area contributed by atoms with E-state index in [0.717, 1.165) is 25.1 Å². The molecule has 1 heterocycles. The topological polar surface area (TPSA) is 54.0 Å². The summed E-state index contributed by atoms with van der Waals surface area (Å²) in [6.45, 7) is 6.48. The number of nitrogens with one attached hydrogen (secondary N) is 2. The second kappa shape index (κ2) is 11.3. The normalized spacial score (nSPS) is 9.00. The zero-order valence-corrected chi connectivity index (χ0v) is 12.4. The average molecular weight is 294 g/mol. The molecule has 1 aromatic rings. The Labute approximate surface area is 121 Å². The Bertz CT molecular complexity index is 348. The lowest BCUT2D eigenvalue weighted by atomic mass is 10.2. The van der Waals surface area contributed by atoms with Crippen LogP contribution in [0.3, 0.4) is 0 Å². The predicted octanol–water partition coefficient (Wildman–Crippen LogP) is 1.96. The molecule has 0 unspecified atom stereocenters. The summed E-state index contributed by atoms with van der Waals surface area (Å²) in [5.74, 6) is -0.0606. The molecule has 4 nitrogen and oxygen atoms in total. The number of halogens is 2. The van der Waals surface area contributed by atoms with Gasteiger partial charge in [0.15, 0.2) is 0 Å². The molecule has 0 bridgehead atoms. The molecule has 0 aromatic carbocycles. The number of carbonyl (C=O) groups is 1. The second-order valence-electron chi connectivity index (χ2n) is 3.76. The molecule has 104 valence electrons. The maximum Gasteiger partial charge on any atom is 0.252 e. The number of amides is 1. The van der Waals surface area contributed by atoms with Crippen LogP contribution in [-0.2, 0) is 0 Å². The van der Waals surface area contributed by atoms with E-state index in [1.807, 2.05) is 13.0 Å². The summed E-state index contributed by atoms with van der Waals surface area (Å²) in [4.78, 5) is 15.6. The molecule has 0 radical (unpaired) electrons. The first-order chi connectivity index (χ1) is 7.74. The van der Waals surface area contributed by atoms with Crippen molar-refractivity contribution in [2.45, 2.75) is 20.3 Å². The van der Waals surface area contributed by atoms with Gasteiger partial charge in [-0.05, 0) is 31.5 Å². The molecule has 1 rings (SSSR count). The minimum absolute atomic E-state index is 0. The van der Waals surface area contributed by atoms with Gasteiger partial charge in [-0.15, -0.1) is 24.8 Å². The number of nitrogens with zero attached hydrogens (tertiary/aromatic N) is 1. The third kappa shape index (κ3) is 7.48. The molecule has 0 spiro atoms. The van der Waals surface area contributed by atoms with Gasteiger partial charge in [0.25, 0.3) is 5.91 Å². The number of hydrogen-bond donors (Lipinski definition) is 2. The van der Waals surface area contributed by atoms with E-state index in [0.29, 0.717) is 12.1 Å².